The number of hydrogen-bond donors (Lipinski definition) is 1. The minimum absolute atomic E-state index is 0.0356. The van der Waals surface area contributed by atoms with Gasteiger partial charge in [-0.2, -0.15) is 0 Å². The van der Waals surface area contributed by atoms with E-state index < -0.39 is 0 Å². The molecule has 2 aromatic carbocycles. The van der Waals surface area contributed by atoms with Gasteiger partial charge < -0.3 is 14.9 Å². The van der Waals surface area contributed by atoms with Crippen molar-refractivity contribution in [3.8, 4) is 0 Å². The van der Waals surface area contributed by atoms with Crippen LogP contribution in [-0.2, 0) is 6.54 Å². The van der Waals surface area contributed by atoms with Crippen molar-refractivity contribution >= 4 is 17.8 Å². The van der Waals surface area contributed by atoms with Crippen LogP contribution in [0, 0.1) is 6.92 Å². The van der Waals surface area contributed by atoms with E-state index in [1.165, 1.54) is 11.1 Å². The zero-order chi connectivity index (χ0) is 19.8. The monoisotopic (exact) mass is 362 g/mol. The lowest BCUT2D eigenvalue weighted by atomic mass is 10.0. The van der Waals surface area contributed by atoms with Gasteiger partial charge in [0.1, 0.15) is 0 Å². The summed E-state index contributed by atoms with van der Waals surface area (Å²) in [7, 11) is 4.06. The average molecular weight is 363 g/mol. The predicted molar refractivity (Wildman–Crippen MR) is 118 cm³/mol. The Kier molecular flexibility index (Phi) is 7.44. The van der Waals surface area contributed by atoms with Gasteiger partial charge in [-0.3, -0.25) is 0 Å². The lowest BCUT2D eigenvalue weighted by molar-refractivity contribution is 0.323. The van der Waals surface area contributed by atoms with Gasteiger partial charge in [-0.05, 0) is 47.4 Å². The van der Waals surface area contributed by atoms with Gasteiger partial charge in [0.05, 0.1) is 6.61 Å². The van der Waals surface area contributed by atoms with Gasteiger partial charge in [-0.25, -0.2) is 0 Å². The maximum atomic E-state index is 9.79. The Morgan fingerprint density at radius 1 is 1.00 bits per heavy atom. The quantitative estimate of drug-likeness (QED) is 0.699. The fourth-order valence-corrected chi connectivity index (χ4v) is 3.06. The summed E-state index contributed by atoms with van der Waals surface area (Å²) in [6.45, 7) is 11.3. The highest BCUT2D eigenvalue weighted by Crippen LogP contribution is 2.17. The minimum Gasteiger partial charge on any atom is -0.392 e. The van der Waals surface area contributed by atoms with Crippen molar-refractivity contribution in [2.45, 2.75) is 13.5 Å². The number of aliphatic hydroxyl groups excluding tert-OH is 1. The maximum absolute atomic E-state index is 9.79. The first-order valence-corrected chi connectivity index (χ1v) is 9.13. The molecular weight excluding hydrogens is 332 g/mol. The van der Waals surface area contributed by atoms with Crippen LogP contribution < -0.4 is 4.90 Å². The average Bonchev–Trinajstić information content (AvgIpc) is 2.67. The highest BCUT2D eigenvalue weighted by atomic mass is 16.3. The summed E-state index contributed by atoms with van der Waals surface area (Å²) in [4.78, 5) is 4.24. The standard InChI is InChI=1S/C24H30N2O/c1-6-22-11-10-20(14-23(22)7-2)15-25(4)16-21(18-27)17-26(5)24-12-8-19(3)9-13-24/h6-14,16,27H,1-2,15,17-18H2,3-5H3/b21-16+. The summed E-state index contributed by atoms with van der Waals surface area (Å²) in [5, 5.41) is 9.79. The van der Waals surface area contributed by atoms with Crippen molar-refractivity contribution < 1.29 is 5.11 Å². The topological polar surface area (TPSA) is 26.7 Å². The third kappa shape index (κ3) is 5.87. The van der Waals surface area contributed by atoms with Gasteiger partial charge in [0.15, 0.2) is 0 Å². The summed E-state index contributed by atoms with van der Waals surface area (Å²) in [5.74, 6) is 0. The van der Waals surface area contributed by atoms with Gasteiger partial charge in [-0.15, -0.1) is 0 Å². The lowest BCUT2D eigenvalue weighted by Crippen LogP contribution is -2.23. The molecule has 3 heteroatoms. The number of benzene rings is 2. The van der Waals surface area contributed by atoms with Crippen LogP contribution in [-0.4, -0.2) is 37.3 Å². The second-order valence-corrected chi connectivity index (χ2v) is 6.92. The molecule has 1 N–H and O–H groups in total. The Labute approximate surface area is 163 Å². The molecule has 27 heavy (non-hydrogen) atoms. The molecule has 0 amide bonds. The zero-order valence-corrected chi connectivity index (χ0v) is 16.7. The molecule has 0 saturated carbocycles. The van der Waals surface area contributed by atoms with Crippen LogP contribution in [0.2, 0.25) is 0 Å². The molecular formula is C24H30N2O. The first-order valence-electron chi connectivity index (χ1n) is 9.13. The SMILES string of the molecule is C=Cc1ccc(CN(C)/C=C(/CO)CN(C)c2ccc(C)cc2)cc1C=C. The first-order chi connectivity index (χ1) is 13.0. The number of likely N-dealkylation sites (N-methyl/N-ethyl adjacent to an activating group) is 1. The molecule has 0 aliphatic carbocycles. The molecule has 0 radical (unpaired) electrons. The fraction of sp³-hybridized carbons (Fsp3) is 0.250. The van der Waals surface area contributed by atoms with Crippen molar-refractivity contribution in [3.05, 3.63) is 89.6 Å². The Bertz CT molecular complexity index is 806. The molecule has 0 aliphatic rings. The van der Waals surface area contributed by atoms with Crippen molar-refractivity contribution in [1.82, 2.24) is 4.90 Å². The number of nitrogens with zero attached hydrogens (tertiary/aromatic N) is 2. The summed E-state index contributed by atoms with van der Waals surface area (Å²) >= 11 is 0. The van der Waals surface area contributed by atoms with Crippen molar-refractivity contribution in [3.63, 3.8) is 0 Å². The first kappa shape index (κ1) is 20.5. The van der Waals surface area contributed by atoms with Crippen molar-refractivity contribution in [2.75, 3.05) is 32.1 Å². The Balaban J connectivity index is 2.06. The number of aryl methyl sites for hydroxylation is 1. The van der Waals surface area contributed by atoms with Crippen LogP contribution >= 0.6 is 0 Å². The summed E-state index contributed by atoms with van der Waals surface area (Å²) in [5.41, 5.74) is 6.71. The Morgan fingerprint density at radius 3 is 2.26 bits per heavy atom. The number of anilines is 1. The van der Waals surface area contributed by atoms with Crippen molar-refractivity contribution in [1.29, 1.82) is 0 Å². The molecule has 2 aromatic rings. The van der Waals surface area contributed by atoms with E-state index in [1.807, 2.05) is 32.4 Å². The summed E-state index contributed by atoms with van der Waals surface area (Å²) in [6, 6.07) is 14.7. The van der Waals surface area contributed by atoms with Crippen LogP contribution in [0.3, 0.4) is 0 Å². The van der Waals surface area contributed by atoms with E-state index in [-0.39, 0.29) is 6.61 Å². The van der Waals surface area contributed by atoms with Gasteiger partial charge in [-0.1, -0.05) is 55.1 Å². The Morgan fingerprint density at radius 2 is 1.67 bits per heavy atom. The molecule has 0 fully saturated rings. The van der Waals surface area contributed by atoms with Gasteiger partial charge in [0.2, 0.25) is 0 Å². The molecule has 0 aliphatic heterocycles. The molecule has 0 aromatic heterocycles. The minimum atomic E-state index is 0.0356. The normalized spacial score (nSPS) is 11.2. The lowest BCUT2D eigenvalue weighted by Gasteiger charge is -2.23. The molecule has 2 rings (SSSR count). The molecule has 3 nitrogen and oxygen atoms in total. The third-order valence-corrected chi connectivity index (χ3v) is 4.54. The molecule has 0 bridgehead atoms. The van der Waals surface area contributed by atoms with Gasteiger partial charge in [0.25, 0.3) is 0 Å². The van der Waals surface area contributed by atoms with Gasteiger partial charge >= 0.3 is 0 Å². The molecule has 0 heterocycles. The van der Waals surface area contributed by atoms with Crippen LogP contribution in [0.4, 0.5) is 5.69 Å². The molecule has 142 valence electrons. The number of hydrogen-bond acceptors (Lipinski definition) is 3. The summed E-state index contributed by atoms with van der Waals surface area (Å²) < 4.78 is 0. The van der Waals surface area contributed by atoms with E-state index in [0.29, 0.717) is 6.54 Å². The summed E-state index contributed by atoms with van der Waals surface area (Å²) in [6.07, 6.45) is 5.72. The number of aliphatic hydroxyl groups is 1. The maximum Gasteiger partial charge on any atom is 0.0675 e. The molecule has 0 saturated heterocycles. The Hall–Kier alpha value is -2.78. The number of rotatable bonds is 9. The highest BCUT2D eigenvalue weighted by molar-refractivity contribution is 5.64. The molecule has 0 unspecified atom stereocenters. The smallest absolute Gasteiger partial charge is 0.0675 e. The van der Waals surface area contributed by atoms with Crippen LogP contribution in [0.1, 0.15) is 22.3 Å². The largest absolute Gasteiger partial charge is 0.392 e. The van der Waals surface area contributed by atoms with Crippen LogP contribution in [0.25, 0.3) is 12.2 Å². The van der Waals surface area contributed by atoms with E-state index in [1.54, 1.807) is 0 Å². The van der Waals surface area contributed by atoms with E-state index in [2.05, 4.69) is 72.3 Å². The predicted octanol–water partition coefficient (Wildman–Crippen LogP) is 4.73. The fourth-order valence-electron chi connectivity index (χ4n) is 3.06. The third-order valence-electron chi connectivity index (χ3n) is 4.54. The highest BCUT2D eigenvalue weighted by Gasteiger charge is 2.06. The molecule has 0 atom stereocenters. The second kappa shape index (κ2) is 9.79. The van der Waals surface area contributed by atoms with Crippen LogP contribution in [0.5, 0.6) is 0 Å². The van der Waals surface area contributed by atoms with Crippen molar-refractivity contribution in [2.24, 2.45) is 0 Å². The zero-order valence-electron chi connectivity index (χ0n) is 16.7. The molecule has 0 spiro atoms. The van der Waals surface area contributed by atoms with Gasteiger partial charge in [0, 0.05) is 39.1 Å². The van der Waals surface area contributed by atoms with Crippen LogP contribution in [0.15, 0.2) is 67.4 Å². The van der Waals surface area contributed by atoms with E-state index >= 15 is 0 Å². The van der Waals surface area contributed by atoms with E-state index in [0.717, 1.165) is 28.9 Å². The van der Waals surface area contributed by atoms with E-state index in [9.17, 15) is 5.11 Å². The van der Waals surface area contributed by atoms with E-state index in [4.69, 9.17) is 0 Å². The second-order valence-electron chi connectivity index (χ2n) is 6.92.